The SMILES string of the molecule is O=S(=O)(Cl)N1CCC(OC(F)F)C1. The molecule has 1 aliphatic heterocycles. The van der Waals surface area contributed by atoms with Gasteiger partial charge in [0.2, 0.25) is 0 Å². The van der Waals surface area contributed by atoms with Crippen LogP contribution in [0.15, 0.2) is 0 Å². The maximum absolute atomic E-state index is 11.7. The third-order valence-corrected chi connectivity index (χ3v) is 3.25. The van der Waals surface area contributed by atoms with Gasteiger partial charge in [0.05, 0.1) is 6.10 Å². The van der Waals surface area contributed by atoms with Gasteiger partial charge >= 0.3 is 6.61 Å². The minimum Gasteiger partial charge on any atom is -0.318 e. The molecule has 0 saturated carbocycles. The molecule has 0 N–H and O–H groups in total. The predicted molar refractivity (Wildman–Crippen MR) is 41.8 cm³/mol. The van der Waals surface area contributed by atoms with Gasteiger partial charge in [-0.25, -0.2) is 0 Å². The van der Waals surface area contributed by atoms with Crippen molar-refractivity contribution in [3.8, 4) is 0 Å². The number of ether oxygens (including phenoxy) is 1. The third-order valence-electron chi connectivity index (χ3n) is 1.71. The molecule has 8 heteroatoms. The van der Waals surface area contributed by atoms with Crippen LogP contribution in [0.25, 0.3) is 0 Å². The van der Waals surface area contributed by atoms with Crippen molar-refractivity contribution >= 4 is 19.9 Å². The molecule has 1 fully saturated rings. The normalized spacial score (nSPS) is 25.7. The van der Waals surface area contributed by atoms with E-state index in [0.717, 1.165) is 4.31 Å². The zero-order valence-corrected chi connectivity index (χ0v) is 8.06. The maximum Gasteiger partial charge on any atom is 0.345 e. The van der Waals surface area contributed by atoms with Gasteiger partial charge in [0, 0.05) is 23.8 Å². The van der Waals surface area contributed by atoms with Crippen LogP contribution in [0.4, 0.5) is 8.78 Å². The first-order chi connectivity index (χ1) is 5.89. The van der Waals surface area contributed by atoms with Crippen molar-refractivity contribution in [3.05, 3.63) is 0 Å². The summed E-state index contributed by atoms with van der Waals surface area (Å²) >= 11 is 0. The Hall–Kier alpha value is 0.0200. The third kappa shape index (κ3) is 3.34. The number of rotatable bonds is 3. The number of halogens is 3. The molecule has 1 atom stereocenters. The summed E-state index contributed by atoms with van der Waals surface area (Å²) < 4.78 is 49.8. The fourth-order valence-electron chi connectivity index (χ4n) is 1.15. The Morgan fingerprint density at radius 2 is 2.15 bits per heavy atom. The van der Waals surface area contributed by atoms with Gasteiger partial charge in [-0.1, -0.05) is 0 Å². The second kappa shape index (κ2) is 4.04. The van der Waals surface area contributed by atoms with Crippen LogP contribution in [0.2, 0.25) is 0 Å². The summed E-state index contributed by atoms with van der Waals surface area (Å²) in [5, 5.41) is 0. The van der Waals surface area contributed by atoms with Crippen LogP contribution in [-0.2, 0) is 14.0 Å². The number of alkyl halides is 2. The summed E-state index contributed by atoms with van der Waals surface area (Å²) in [6, 6.07) is 0. The lowest BCUT2D eigenvalue weighted by atomic mass is 10.3. The van der Waals surface area contributed by atoms with E-state index >= 15 is 0 Å². The first-order valence-electron chi connectivity index (χ1n) is 3.53. The quantitative estimate of drug-likeness (QED) is 0.680. The van der Waals surface area contributed by atoms with Gasteiger partial charge in [-0.3, -0.25) is 0 Å². The molecule has 13 heavy (non-hydrogen) atoms. The molecule has 1 heterocycles. The molecule has 0 amide bonds. The lowest BCUT2D eigenvalue weighted by molar-refractivity contribution is -0.157. The molecule has 0 aromatic carbocycles. The molecule has 1 saturated heterocycles. The van der Waals surface area contributed by atoms with Crippen molar-refractivity contribution in [2.24, 2.45) is 0 Å². The van der Waals surface area contributed by atoms with Crippen molar-refractivity contribution in [1.29, 1.82) is 0 Å². The van der Waals surface area contributed by atoms with Gasteiger partial charge in [-0.2, -0.15) is 21.5 Å². The van der Waals surface area contributed by atoms with Crippen LogP contribution in [0.3, 0.4) is 0 Å². The summed E-state index contributed by atoms with van der Waals surface area (Å²) in [7, 11) is 1.21. The first-order valence-corrected chi connectivity index (χ1v) is 5.79. The second-order valence-corrected chi connectivity index (χ2v) is 5.12. The van der Waals surface area contributed by atoms with E-state index in [1.54, 1.807) is 0 Å². The largest absolute Gasteiger partial charge is 0.345 e. The molecule has 1 unspecified atom stereocenters. The molecule has 4 nitrogen and oxygen atoms in total. The van der Waals surface area contributed by atoms with Gasteiger partial charge in [0.25, 0.3) is 9.24 Å². The topological polar surface area (TPSA) is 46.6 Å². The van der Waals surface area contributed by atoms with E-state index < -0.39 is 22.0 Å². The molecule has 0 spiro atoms. The molecule has 0 aromatic heterocycles. The highest BCUT2D eigenvalue weighted by atomic mass is 35.7. The lowest BCUT2D eigenvalue weighted by Gasteiger charge is -2.11. The molecule has 78 valence electrons. The summed E-state index contributed by atoms with van der Waals surface area (Å²) in [4.78, 5) is 0. The van der Waals surface area contributed by atoms with Crippen LogP contribution in [0, 0.1) is 0 Å². The standard InChI is InChI=1S/C5H8ClF2NO3S/c6-13(10,11)9-2-1-4(3-9)12-5(7)8/h4-5H,1-3H2. The Balaban J connectivity index is 2.46. The second-order valence-electron chi connectivity index (χ2n) is 2.61. The average Bonchev–Trinajstić information content (AvgIpc) is 2.32. The van der Waals surface area contributed by atoms with E-state index in [1.807, 2.05) is 0 Å². The molecule has 0 aromatic rings. The number of nitrogens with zero attached hydrogens (tertiary/aromatic N) is 1. The molecular formula is C5H8ClF2NO3S. The van der Waals surface area contributed by atoms with Crippen LogP contribution in [-0.4, -0.2) is 38.5 Å². The van der Waals surface area contributed by atoms with Crippen molar-refractivity contribution in [1.82, 2.24) is 4.31 Å². The van der Waals surface area contributed by atoms with E-state index in [9.17, 15) is 17.2 Å². The van der Waals surface area contributed by atoms with Crippen molar-refractivity contribution in [2.45, 2.75) is 19.1 Å². The van der Waals surface area contributed by atoms with E-state index in [-0.39, 0.29) is 19.5 Å². The highest BCUT2D eigenvalue weighted by Crippen LogP contribution is 2.20. The fourth-order valence-corrected chi connectivity index (χ4v) is 2.20. The van der Waals surface area contributed by atoms with Crippen molar-refractivity contribution in [3.63, 3.8) is 0 Å². The molecule has 1 rings (SSSR count). The molecular weight excluding hydrogens is 228 g/mol. The zero-order valence-electron chi connectivity index (χ0n) is 6.49. The highest BCUT2D eigenvalue weighted by molar-refractivity contribution is 8.11. The molecule has 0 bridgehead atoms. The fraction of sp³-hybridized carbons (Fsp3) is 1.00. The Labute approximate surface area is 79.0 Å². The van der Waals surface area contributed by atoms with Gasteiger partial charge in [-0.15, -0.1) is 0 Å². The predicted octanol–water partition coefficient (Wildman–Crippen LogP) is 0.784. The Bertz CT molecular complexity index is 271. The highest BCUT2D eigenvalue weighted by Gasteiger charge is 2.31. The minimum absolute atomic E-state index is 0.101. The van der Waals surface area contributed by atoms with Crippen LogP contribution >= 0.6 is 10.7 Å². The lowest BCUT2D eigenvalue weighted by Crippen LogP contribution is -2.27. The van der Waals surface area contributed by atoms with Gasteiger partial charge in [-0.05, 0) is 6.42 Å². The Kier molecular flexibility index (Phi) is 3.44. The smallest absolute Gasteiger partial charge is 0.318 e. The van der Waals surface area contributed by atoms with Crippen molar-refractivity contribution in [2.75, 3.05) is 13.1 Å². The van der Waals surface area contributed by atoms with E-state index in [1.165, 1.54) is 0 Å². The van der Waals surface area contributed by atoms with Gasteiger partial charge in [0.15, 0.2) is 0 Å². The van der Waals surface area contributed by atoms with Crippen LogP contribution in [0.5, 0.6) is 0 Å². The summed E-state index contributed by atoms with van der Waals surface area (Å²) in [5.74, 6) is 0. The Morgan fingerprint density at radius 1 is 1.54 bits per heavy atom. The van der Waals surface area contributed by atoms with E-state index in [2.05, 4.69) is 4.74 Å². The Morgan fingerprint density at radius 3 is 2.54 bits per heavy atom. The molecule has 0 radical (unpaired) electrons. The molecule has 1 aliphatic rings. The number of hydrogen-bond acceptors (Lipinski definition) is 3. The van der Waals surface area contributed by atoms with Crippen molar-refractivity contribution < 1.29 is 21.9 Å². The summed E-state index contributed by atoms with van der Waals surface area (Å²) in [6.07, 6.45) is -0.510. The van der Waals surface area contributed by atoms with Crippen LogP contribution in [0.1, 0.15) is 6.42 Å². The van der Waals surface area contributed by atoms with Crippen LogP contribution < -0.4 is 0 Å². The van der Waals surface area contributed by atoms with E-state index in [0.29, 0.717) is 0 Å². The van der Waals surface area contributed by atoms with Gasteiger partial charge in [0.1, 0.15) is 0 Å². The first kappa shape index (κ1) is 11.1. The molecule has 0 aliphatic carbocycles. The number of hydrogen-bond donors (Lipinski definition) is 0. The van der Waals surface area contributed by atoms with E-state index in [4.69, 9.17) is 10.7 Å². The van der Waals surface area contributed by atoms with Gasteiger partial charge < -0.3 is 4.74 Å². The maximum atomic E-state index is 11.7. The monoisotopic (exact) mass is 235 g/mol. The average molecular weight is 236 g/mol. The zero-order chi connectivity index (χ0) is 10.1. The summed E-state index contributed by atoms with van der Waals surface area (Å²) in [5.41, 5.74) is 0. The summed E-state index contributed by atoms with van der Waals surface area (Å²) in [6.45, 7) is -2.85. The minimum atomic E-state index is -3.79.